The Morgan fingerprint density at radius 3 is 2.71 bits per heavy atom. The highest BCUT2D eigenvalue weighted by Gasteiger charge is 2.16. The van der Waals surface area contributed by atoms with Gasteiger partial charge in [0.1, 0.15) is 0 Å². The molecule has 0 saturated carbocycles. The van der Waals surface area contributed by atoms with Gasteiger partial charge in [-0.05, 0) is 30.3 Å². The fourth-order valence-electron chi connectivity index (χ4n) is 2.02. The van der Waals surface area contributed by atoms with Gasteiger partial charge >= 0.3 is 0 Å². The van der Waals surface area contributed by atoms with Gasteiger partial charge in [-0.25, -0.2) is 8.42 Å². The fraction of sp³-hybridized carbons (Fsp3) is 0.200. The van der Waals surface area contributed by atoms with E-state index in [1.165, 1.54) is 19.1 Å². The minimum absolute atomic E-state index is 0.108. The Balaban J connectivity index is 2.20. The van der Waals surface area contributed by atoms with Gasteiger partial charge in [0.05, 0.1) is 28.0 Å². The fourth-order valence-corrected chi connectivity index (χ4v) is 3.29. The van der Waals surface area contributed by atoms with Crippen molar-refractivity contribution < 1.29 is 13.2 Å². The molecular formula is C15H14N2O3S. The van der Waals surface area contributed by atoms with E-state index < -0.39 is 9.84 Å². The lowest BCUT2D eigenvalue weighted by atomic mass is 10.2. The van der Waals surface area contributed by atoms with Crippen LogP contribution in [-0.4, -0.2) is 24.5 Å². The number of aryl methyl sites for hydroxylation is 1. The van der Waals surface area contributed by atoms with Gasteiger partial charge in [0.2, 0.25) is 0 Å². The third-order valence-corrected chi connectivity index (χ3v) is 4.81. The maximum Gasteiger partial charge on any atom is 0.180 e. The number of sulfone groups is 1. The molecule has 6 heteroatoms. The maximum atomic E-state index is 12.3. The number of hydrogen-bond acceptors (Lipinski definition) is 4. The largest absolute Gasteiger partial charge is 0.344 e. The van der Waals surface area contributed by atoms with Crippen molar-refractivity contribution in [2.45, 2.75) is 18.4 Å². The van der Waals surface area contributed by atoms with Crippen LogP contribution in [0.3, 0.4) is 0 Å². The molecule has 0 aliphatic carbocycles. The monoisotopic (exact) mass is 302 g/mol. The second kappa shape index (κ2) is 5.94. The van der Waals surface area contributed by atoms with Crippen LogP contribution in [0.5, 0.6) is 0 Å². The van der Waals surface area contributed by atoms with Crippen molar-refractivity contribution in [3.8, 4) is 6.07 Å². The highest BCUT2D eigenvalue weighted by molar-refractivity contribution is 7.91. The summed E-state index contributed by atoms with van der Waals surface area (Å²) in [5, 5.41) is 8.82. The van der Waals surface area contributed by atoms with Crippen LogP contribution in [0.25, 0.3) is 0 Å². The third-order valence-electron chi connectivity index (χ3n) is 3.11. The van der Waals surface area contributed by atoms with E-state index in [-0.39, 0.29) is 23.0 Å². The summed E-state index contributed by atoms with van der Waals surface area (Å²) in [5.41, 5.74) is 0.789. The summed E-state index contributed by atoms with van der Waals surface area (Å²) in [5.74, 6) is -0.236. The number of Topliss-reactive ketones (excluding diaryl/α,β-unsaturated/α-hetero) is 1. The highest BCUT2D eigenvalue weighted by atomic mass is 32.2. The van der Waals surface area contributed by atoms with Crippen LogP contribution >= 0.6 is 0 Å². The SMILES string of the molecule is CC(=O)c1cccn1CCS(=O)(=O)c1cccc(C#N)c1. The van der Waals surface area contributed by atoms with E-state index in [4.69, 9.17) is 5.26 Å². The number of carbonyl (C=O) groups excluding carboxylic acids is 1. The molecule has 1 aromatic carbocycles. The van der Waals surface area contributed by atoms with Gasteiger partial charge in [-0.15, -0.1) is 0 Å². The van der Waals surface area contributed by atoms with Crippen LogP contribution in [0, 0.1) is 11.3 Å². The minimum atomic E-state index is -3.49. The number of benzene rings is 1. The van der Waals surface area contributed by atoms with E-state index >= 15 is 0 Å². The Labute approximate surface area is 123 Å². The lowest BCUT2D eigenvalue weighted by Gasteiger charge is -2.08. The Kier molecular flexibility index (Phi) is 4.24. The van der Waals surface area contributed by atoms with E-state index in [0.717, 1.165) is 0 Å². The number of rotatable bonds is 5. The first-order valence-corrected chi connectivity index (χ1v) is 7.98. The Morgan fingerprint density at radius 1 is 1.29 bits per heavy atom. The number of aromatic nitrogens is 1. The summed E-state index contributed by atoms with van der Waals surface area (Å²) >= 11 is 0. The van der Waals surface area contributed by atoms with Crippen molar-refractivity contribution in [3.05, 3.63) is 53.9 Å². The Hall–Kier alpha value is -2.39. The summed E-state index contributed by atoms with van der Waals surface area (Å²) in [4.78, 5) is 11.5. The summed E-state index contributed by atoms with van der Waals surface area (Å²) in [7, 11) is -3.49. The average molecular weight is 302 g/mol. The van der Waals surface area contributed by atoms with Gasteiger partial charge in [0.15, 0.2) is 15.6 Å². The molecule has 0 N–H and O–H groups in total. The lowest BCUT2D eigenvalue weighted by Crippen LogP contribution is -2.15. The molecule has 5 nitrogen and oxygen atoms in total. The number of nitrogens with zero attached hydrogens (tertiary/aromatic N) is 2. The molecule has 0 radical (unpaired) electrons. The first kappa shape index (κ1) is 15.0. The van der Waals surface area contributed by atoms with Crippen LogP contribution in [-0.2, 0) is 16.4 Å². The number of ketones is 1. The minimum Gasteiger partial charge on any atom is -0.344 e. The molecule has 0 aliphatic heterocycles. The van der Waals surface area contributed by atoms with Crippen molar-refractivity contribution >= 4 is 15.6 Å². The topological polar surface area (TPSA) is 79.9 Å². The smallest absolute Gasteiger partial charge is 0.180 e. The molecular weight excluding hydrogens is 288 g/mol. The molecule has 0 bridgehead atoms. The molecule has 0 saturated heterocycles. The maximum absolute atomic E-state index is 12.3. The van der Waals surface area contributed by atoms with Gasteiger partial charge in [-0.3, -0.25) is 4.79 Å². The lowest BCUT2D eigenvalue weighted by molar-refractivity contribution is 0.100. The number of carbonyl (C=O) groups is 1. The summed E-state index contributed by atoms with van der Waals surface area (Å²) in [6.07, 6.45) is 1.68. The van der Waals surface area contributed by atoms with Gasteiger partial charge in [-0.2, -0.15) is 5.26 Å². The Bertz CT molecular complexity index is 813. The highest BCUT2D eigenvalue weighted by Crippen LogP contribution is 2.14. The predicted molar refractivity (Wildman–Crippen MR) is 77.6 cm³/mol. The molecule has 0 spiro atoms. The predicted octanol–water partition coefficient (Wildman–Crippen LogP) is 2.04. The normalized spacial score (nSPS) is 11.0. The molecule has 0 amide bonds. The number of nitriles is 1. The van der Waals surface area contributed by atoms with Crippen LogP contribution in [0.2, 0.25) is 0 Å². The van der Waals surface area contributed by atoms with Crippen LogP contribution in [0.15, 0.2) is 47.5 Å². The first-order valence-electron chi connectivity index (χ1n) is 6.33. The summed E-state index contributed by atoms with van der Waals surface area (Å²) in [6.45, 7) is 1.64. The molecule has 1 aromatic heterocycles. The van der Waals surface area contributed by atoms with Crippen molar-refractivity contribution in [3.63, 3.8) is 0 Å². The molecule has 0 aliphatic rings. The second-order valence-electron chi connectivity index (χ2n) is 4.60. The van der Waals surface area contributed by atoms with Gasteiger partial charge in [-0.1, -0.05) is 6.07 Å². The molecule has 0 fully saturated rings. The van der Waals surface area contributed by atoms with Gasteiger partial charge < -0.3 is 4.57 Å². The second-order valence-corrected chi connectivity index (χ2v) is 6.71. The van der Waals surface area contributed by atoms with Crippen LogP contribution < -0.4 is 0 Å². The van der Waals surface area contributed by atoms with Gasteiger partial charge in [0, 0.05) is 19.7 Å². The zero-order chi connectivity index (χ0) is 15.5. The summed E-state index contributed by atoms with van der Waals surface area (Å²) < 4.78 is 26.2. The van der Waals surface area contributed by atoms with Gasteiger partial charge in [0.25, 0.3) is 0 Å². The molecule has 2 aromatic rings. The van der Waals surface area contributed by atoms with E-state index in [0.29, 0.717) is 11.3 Å². The average Bonchev–Trinajstić information content (AvgIpc) is 2.94. The summed E-state index contributed by atoms with van der Waals surface area (Å²) in [6, 6.07) is 11.2. The molecule has 108 valence electrons. The zero-order valence-corrected chi connectivity index (χ0v) is 12.3. The molecule has 21 heavy (non-hydrogen) atoms. The molecule has 0 atom stereocenters. The molecule has 1 heterocycles. The van der Waals surface area contributed by atoms with Crippen LogP contribution in [0.1, 0.15) is 23.0 Å². The van der Waals surface area contributed by atoms with E-state index in [9.17, 15) is 13.2 Å². The van der Waals surface area contributed by atoms with E-state index in [1.807, 2.05) is 6.07 Å². The Morgan fingerprint density at radius 2 is 2.05 bits per heavy atom. The zero-order valence-electron chi connectivity index (χ0n) is 11.5. The third kappa shape index (κ3) is 3.38. The van der Waals surface area contributed by atoms with E-state index in [1.54, 1.807) is 35.0 Å². The number of hydrogen-bond donors (Lipinski definition) is 0. The first-order chi connectivity index (χ1) is 9.94. The van der Waals surface area contributed by atoms with Crippen molar-refractivity contribution in [2.75, 3.05) is 5.75 Å². The van der Waals surface area contributed by atoms with E-state index in [2.05, 4.69) is 0 Å². The molecule has 2 rings (SSSR count). The standard InChI is InChI=1S/C15H14N2O3S/c1-12(18)15-6-3-7-17(15)8-9-21(19,20)14-5-2-4-13(10-14)11-16/h2-7,10H,8-9H2,1H3. The van der Waals surface area contributed by atoms with Crippen LogP contribution in [0.4, 0.5) is 0 Å². The van der Waals surface area contributed by atoms with Crippen molar-refractivity contribution in [1.29, 1.82) is 5.26 Å². The molecule has 0 unspecified atom stereocenters. The quantitative estimate of drug-likeness (QED) is 0.792. The van der Waals surface area contributed by atoms with Crippen molar-refractivity contribution in [1.82, 2.24) is 4.57 Å². The van der Waals surface area contributed by atoms with Crippen molar-refractivity contribution in [2.24, 2.45) is 0 Å².